The van der Waals surface area contributed by atoms with E-state index in [4.69, 9.17) is 0 Å². The van der Waals surface area contributed by atoms with Gasteiger partial charge in [0.05, 0.1) is 0 Å². The van der Waals surface area contributed by atoms with Crippen LogP contribution < -0.4 is 18.5 Å². The SMILES string of the molecule is S.[N].[N].[N]. The summed E-state index contributed by atoms with van der Waals surface area (Å²) in [5.74, 6) is 0. The molecule has 0 fully saturated rings. The Morgan fingerprint density at radius 3 is 0.500 bits per heavy atom. The molecule has 0 aromatic rings. The highest BCUT2D eigenvalue weighted by molar-refractivity contribution is 7.59. The maximum atomic E-state index is 0. The van der Waals surface area contributed by atoms with E-state index in [2.05, 4.69) is 0 Å². The first-order chi connectivity index (χ1) is 0. The van der Waals surface area contributed by atoms with E-state index in [1.165, 1.54) is 0 Å². The van der Waals surface area contributed by atoms with Crippen molar-refractivity contribution in [3.05, 3.63) is 0 Å². The van der Waals surface area contributed by atoms with E-state index >= 15 is 0 Å². The summed E-state index contributed by atoms with van der Waals surface area (Å²) in [4.78, 5) is 0. The molecule has 0 bridgehead atoms. The molecule has 0 amide bonds. The van der Waals surface area contributed by atoms with Crippen molar-refractivity contribution in [1.29, 1.82) is 0 Å². The van der Waals surface area contributed by atoms with Gasteiger partial charge in [-0.3, -0.25) is 0 Å². The normalized spacial score (nSPS) is 0. The van der Waals surface area contributed by atoms with Gasteiger partial charge < -0.3 is 0 Å². The molecule has 0 saturated heterocycles. The number of rotatable bonds is 0. The molecule has 0 aromatic heterocycles. The third-order valence-electron chi connectivity index (χ3n) is 0. The Bertz CT molecular complexity index is 3.25. The first-order valence-corrected chi connectivity index (χ1v) is 0. The maximum Gasteiger partial charge on any atom is 0 e. The first kappa shape index (κ1) is 834. The Morgan fingerprint density at radius 2 is 0.500 bits per heavy atom. The van der Waals surface area contributed by atoms with Crippen LogP contribution in [0.1, 0.15) is 0 Å². The lowest BCUT2D eigenvalue weighted by atomic mass is 14.0. The van der Waals surface area contributed by atoms with Crippen LogP contribution in [0.2, 0.25) is 0 Å². The summed E-state index contributed by atoms with van der Waals surface area (Å²) in [6, 6.07) is 0. The molecule has 3 nitrogen and oxygen atoms in total. The first-order valence-electron chi connectivity index (χ1n) is 0. The molecular weight excluding hydrogens is 74.1 g/mol. The zero-order valence-corrected chi connectivity index (χ0v) is 2.84. The fraction of sp³-hybridized carbons (Fsp3) is 0. The van der Waals surface area contributed by atoms with E-state index in [9.17, 15) is 0 Å². The number of hydrogen-bond donors (Lipinski definition) is 0. The molecule has 0 spiro atoms. The second-order valence-electron chi connectivity index (χ2n) is 0. The van der Waals surface area contributed by atoms with Crippen molar-refractivity contribution in [3.63, 3.8) is 0 Å². The van der Waals surface area contributed by atoms with Crippen LogP contribution in [0.25, 0.3) is 0 Å². The highest BCUT2D eigenvalue weighted by Gasteiger charge is 0.00202. The van der Waals surface area contributed by atoms with Crippen molar-refractivity contribution < 1.29 is 0 Å². The van der Waals surface area contributed by atoms with E-state index in [1.54, 1.807) is 0 Å². The lowest BCUT2D eigenvalue weighted by Gasteiger charge is -0.197. The average molecular weight is 76.1 g/mol. The van der Waals surface area contributed by atoms with Crippen LogP contribution in [-0.4, -0.2) is 0 Å². The fourth-order valence-electron chi connectivity index (χ4n) is 0. The number of hydrogen-bond acceptors (Lipinski definition) is 0. The topological polar surface area (TPSA) is 91.5 Å². The predicted molar refractivity (Wildman–Crippen MR) is 16.8 cm³/mol. The zero-order chi connectivity index (χ0) is 0. The molecule has 23 valence electrons. The highest BCUT2D eigenvalue weighted by atomic mass is 32.1. The molecule has 0 saturated carbocycles. The van der Waals surface area contributed by atoms with Crippen molar-refractivity contribution >= 4 is 13.5 Å². The molecule has 0 heterocycles. The van der Waals surface area contributed by atoms with E-state index in [1.807, 2.05) is 0 Å². The summed E-state index contributed by atoms with van der Waals surface area (Å²) in [6.07, 6.45) is 0. The summed E-state index contributed by atoms with van der Waals surface area (Å²) in [5, 5.41) is 0. The Labute approximate surface area is 33.0 Å². The predicted octanol–water partition coefficient (Wildman–Crippen LogP) is -1.33. The van der Waals surface area contributed by atoms with Gasteiger partial charge in [0.2, 0.25) is 0 Å². The largest absolute Gasteiger partial charge is 0.197 e. The van der Waals surface area contributed by atoms with E-state index in [-0.39, 0.29) is 31.9 Å². The quantitative estimate of drug-likeness (QED) is 0.342. The third kappa shape index (κ3) is 63.8. The van der Waals surface area contributed by atoms with Crippen molar-refractivity contribution in [2.24, 2.45) is 0 Å². The standard InChI is InChI=1S/3N.H2S/h;;;1H2. The monoisotopic (exact) mass is 76.0 g/mol. The van der Waals surface area contributed by atoms with Gasteiger partial charge in [-0.1, -0.05) is 0 Å². The maximum absolute atomic E-state index is 0. The number of nitrogens with zero attached hydrogens (tertiary/aromatic N) is 3. The zero-order valence-electron chi connectivity index (χ0n) is 1.84. The van der Waals surface area contributed by atoms with Crippen molar-refractivity contribution in [2.75, 3.05) is 0 Å². The fourth-order valence-corrected chi connectivity index (χ4v) is 0. The Hall–Kier alpha value is 0.230. The van der Waals surface area contributed by atoms with Crippen LogP contribution in [-0.2, 0) is 0 Å². The molecular formula is H2N3S. The van der Waals surface area contributed by atoms with Gasteiger partial charge >= 0.3 is 0 Å². The van der Waals surface area contributed by atoms with Gasteiger partial charge in [-0.2, -0.15) is 13.5 Å². The summed E-state index contributed by atoms with van der Waals surface area (Å²) < 4.78 is 0. The van der Waals surface area contributed by atoms with Gasteiger partial charge in [-0.05, 0) is 0 Å². The molecule has 0 N–H and O–H groups in total. The van der Waals surface area contributed by atoms with Crippen LogP contribution in [0.15, 0.2) is 0 Å². The second-order valence-corrected chi connectivity index (χ2v) is 0. The van der Waals surface area contributed by atoms with Crippen molar-refractivity contribution in [1.82, 2.24) is 18.5 Å². The minimum absolute atomic E-state index is 0. The Kier molecular flexibility index (Phi) is 63300. The van der Waals surface area contributed by atoms with Gasteiger partial charge in [0.15, 0.2) is 0 Å². The summed E-state index contributed by atoms with van der Waals surface area (Å²) >= 11 is 0. The van der Waals surface area contributed by atoms with E-state index in [0.29, 0.717) is 0 Å². The third-order valence-corrected chi connectivity index (χ3v) is 0. The second kappa shape index (κ2) is 304. The summed E-state index contributed by atoms with van der Waals surface area (Å²) in [7, 11) is 0. The Balaban J connectivity index is 0. The van der Waals surface area contributed by atoms with Gasteiger partial charge in [0, 0.05) is 18.5 Å². The van der Waals surface area contributed by atoms with Gasteiger partial charge in [0.1, 0.15) is 0 Å². The highest BCUT2D eigenvalue weighted by Crippen LogP contribution is 0.648. The minimum Gasteiger partial charge on any atom is -0.197 e. The van der Waals surface area contributed by atoms with Crippen LogP contribution in [0.3, 0.4) is 0 Å². The molecule has 0 aromatic carbocycles. The van der Waals surface area contributed by atoms with Crippen LogP contribution in [0, 0.1) is 0 Å². The van der Waals surface area contributed by atoms with Gasteiger partial charge in [0.25, 0.3) is 0 Å². The summed E-state index contributed by atoms with van der Waals surface area (Å²) in [6.45, 7) is 0. The molecule has 0 aliphatic carbocycles. The van der Waals surface area contributed by atoms with Crippen LogP contribution in [0.4, 0.5) is 0 Å². The van der Waals surface area contributed by atoms with E-state index in [0.717, 1.165) is 0 Å². The van der Waals surface area contributed by atoms with Crippen molar-refractivity contribution in [2.45, 2.75) is 0 Å². The average Bonchev–Trinajstić information content (AvgIpc) is 0. The van der Waals surface area contributed by atoms with Gasteiger partial charge in [-0.15, -0.1) is 0 Å². The molecule has 0 unspecified atom stereocenters. The smallest absolute Gasteiger partial charge is 0 e. The molecule has 0 aliphatic rings. The minimum atomic E-state index is 0. The van der Waals surface area contributed by atoms with Crippen LogP contribution >= 0.6 is 13.5 Å². The molecule has 4 heavy (non-hydrogen) atoms. The molecule has 9 radical (unpaired) electrons. The molecule has 0 rings (SSSR count). The van der Waals surface area contributed by atoms with E-state index < -0.39 is 0 Å². The lowest BCUT2D eigenvalue weighted by Crippen LogP contribution is -0.482. The van der Waals surface area contributed by atoms with Crippen molar-refractivity contribution in [3.8, 4) is 0 Å². The molecule has 4 heteroatoms. The molecule has 0 aliphatic heterocycles. The van der Waals surface area contributed by atoms with Crippen LogP contribution in [0.5, 0.6) is 0 Å². The summed E-state index contributed by atoms with van der Waals surface area (Å²) in [5.41, 5.74) is 0. The lowest BCUT2D eigenvalue weighted by molar-refractivity contribution is 2.13. The Morgan fingerprint density at radius 1 is 0.500 bits per heavy atom. The van der Waals surface area contributed by atoms with Gasteiger partial charge in [-0.25, -0.2) is 0 Å². The molecule has 0 atom stereocenters.